The first kappa shape index (κ1) is 11.8. The Morgan fingerprint density at radius 1 is 1.40 bits per heavy atom. The lowest BCUT2D eigenvalue weighted by Crippen LogP contribution is -2.05. The van der Waals surface area contributed by atoms with Crippen LogP contribution in [-0.4, -0.2) is 19.9 Å². The van der Waals surface area contributed by atoms with Crippen molar-refractivity contribution in [2.24, 2.45) is 0 Å². The minimum Gasteiger partial charge on any atom is -0.462 e. The van der Waals surface area contributed by atoms with E-state index in [1.165, 1.54) is 0 Å². The van der Waals surface area contributed by atoms with Crippen molar-refractivity contribution in [3.8, 4) is 0 Å². The van der Waals surface area contributed by atoms with Gasteiger partial charge in [0.2, 0.25) is 0 Å². The molecule has 0 aliphatic rings. The molecule has 1 aromatic carbocycles. The lowest BCUT2D eigenvalue weighted by Gasteiger charge is -2.04. The highest BCUT2D eigenvalue weighted by molar-refractivity contribution is 6.34. The molecule has 0 fully saturated rings. The molecule has 0 bridgehead atoms. The van der Waals surface area contributed by atoms with Crippen molar-refractivity contribution in [2.45, 2.75) is 26.5 Å². The van der Waals surface area contributed by atoms with Crippen molar-refractivity contribution >= 4 is 13.2 Å². The van der Waals surface area contributed by atoms with Gasteiger partial charge in [-0.25, -0.2) is 4.79 Å². The van der Waals surface area contributed by atoms with E-state index in [4.69, 9.17) is 4.74 Å². The second kappa shape index (κ2) is 6.28. The maximum absolute atomic E-state index is 11.4. The molecule has 0 amide bonds. The number of carbonyl (C=O) groups excluding carboxylic acids is 1. The number of esters is 1. The molecule has 3 heteroatoms. The summed E-state index contributed by atoms with van der Waals surface area (Å²) in [7, 11) is 2.18. The average molecular weight is 203 g/mol. The highest BCUT2D eigenvalue weighted by Crippen LogP contribution is 2.07. The third-order valence-electron chi connectivity index (χ3n) is 2.11. The summed E-state index contributed by atoms with van der Waals surface area (Å²) >= 11 is 0. The van der Waals surface area contributed by atoms with Gasteiger partial charge < -0.3 is 4.74 Å². The molecule has 15 heavy (non-hydrogen) atoms. The molecule has 0 aliphatic heterocycles. The first-order chi connectivity index (χ1) is 7.27. The normalized spacial score (nSPS) is 9.73. The third kappa shape index (κ3) is 3.78. The fraction of sp³-hybridized carbons (Fsp3) is 0.417. The molecule has 0 saturated carbocycles. The minimum absolute atomic E-state index is 0.240. The predicted molar refractivity (Wildman–Crippen MR) is 62.3 cm³/mol. The van der Waals surface area contributed by atoms with E-state index in [1.54, 1.807) is 6.07 Å². The zero-order valence-corrected chi connectivity index (χ0v) is 9.32. The molecule has 0 aliphatic carbocycles. The molecule has 2 nitrogen and oxygen atoms in total. The van der Waals surface area contributed by atoms with Crippen LogP contribution in [0.5, 0.6) is 0 Å². The maximum atomic E-state index is 11.4. The second-order valence-electron chi connectivity index (χ2n) is 3.32. The Labute approximate surface area is 91.9 Å². The Hall–Kier alpha value is -1.25. The van der Waals surface area contributed by atoms with Gasteiger partial charge in [-0.15, -0.1) is 0 Å². The van der Waals surface area contributed by atoms with E-state index >= 15 is 0 Å². The summed E-state index contributed by atoms with van der Waals surface area (Å²) in [5, 5.41) is 0. The van der Waals surface area contributed by atoms with Crippen molar-refractivity contribution in [3.63, 3.8) is 0 Å². The van der Waals surface area contributed by atoms with E-state index in [2.05, 4.69) is 14.2 Å². The molecule has 0 N–H and O–H groups in total. The highest BCUT2D eigenvalue weighted by atomic mass is 16.5. The van der Waals surface area contributed by atoms with Crippen LogP contribution in [0.3, 0.4) is 0 Å². The smallest absolute Gasteiger partial charge is 0.338 e. The van der Waals surface area contributed by atoms with Crippen LogP contribution in [0.1, 0.15) is 29.8 Å². The molecule has 0 heterocycles. The molecule has 79 valence electrons. The first-order valence-corrected chi connectivity index (χ1v) is 5.35. The summed E-state index contributed by atoms with van der Waals surface area (Å²) < 4.78 is 4.94. The van der Waals surface area contributed by atoms with Gasteiger partial charge in [0, 0.05) is 0 Å². The van der Waals surface area contributed by atoms with Gasteiger partial charge in [0.1, 0.15) is 7.28 Å². The fourth-order valence-corrected chi connectivity index (χ4v) is 1.35. The summed E-state index contributed by atoms with van der Waals surface area (Å²) in [6, 6.07) is 7.59. The van der Waals surface area contributed by atoms with Crippen LogP contribution in [0.2, 0.25) is 6.32 Å². The van der Waals surface area contributed by atoms with Crippen molar-refractivity contribution < 1.29 is 9.53 Å². The third-order valence-corrected chi connectivity index (χ3v) is 2.11. The zero-order valence-electron chi connectivity index (χ0n) is 9.32. The zero-order chi connectivity index (χ0) is 11.1. The summed E-state index contributed by atoms with van der Waals surface area (Å²) in [5.41, 5.74) is 1.79. The van der Waals surface area contributed by atoms with Crippen molar-refractivity contribution in [1.82, 2.24) is 0 Å². The number of carbonyl (C=O) groups is 1. The Morgan fingerprint density at radius 3 is 2.87 bits per heavy atom. The van der Waals surface area contributed by atoms with E-state index < -0.39 is 0 Å². The van der Waals surface area contributed by atoms with Crippen LogP contribution in [-0.2, 0) is 11.1 Å². The van der Waals surface area contributed by atoms with E-state index in [1.807, 2.05) is 25.1 Å². The van der Waals surface area contributed by atoms with Gasteiger partial charge in [-0.3, -0.25) is 0 Å². The van der Waals surface area contributed by atoms with Crippen LogP contribution in [0.25, 0.3) is 0 Å². The maximum Gasteiger partial charge on any atom is 0.338 e. The van der Waals surface area contributed by atoms with E-state index in [9.17, 15) is 4.79 Å². The summed E-state index contributed by atoms with van der Waals surface area (Å²) in [5.74, 6) is -0.240. The van der Waals surface area contributed by atoms with Crippen LogP contribution >= 0.6 is 0 Å². The van der Waals surface area contributed by atoms with E-state index in [0.717, 1.165) is 18.2 Å². The topological polar surface area (TPSA) is 26.3 Å². The number of rotatable bonds is 5. The summed E-state index contributed by atoms with van der Waals surface area (Å²) in [6.45, 7) is 4.34. The van der Waals surface area contributed by atoms with Crippen molar-refractivity contribution in [3.05, 3.63) is 35.4 Å². The molecule has 0 atom stereocenters. The SMILES string of the molecule is CC[B]Cc1cccc(C(=O)OCC)c1. The van der Waals surface area contributed by atoms with Gasteiger partial charge in [-0.1, -0.05) is 37.3 Å². The van der Waals surface area contributed by atoms with Crippen LogP contribution in [0.15, 0.2) is 24.3 Å². The first-order valence-electron chi connectivity index (χ1n) is 5.35. The van der Waals surface area contributed by atoms with Gasteiger partial charge in [-0.05, 0) is 19.1 Å². The lowest BCUT2D eigenvalue weighted by molar-refractivity contribution is 0.0526. The van der Waals surface area contributed by atoms with Gasteiger partial charge in [-0.2, -0.15) is 0 Å². The minimum atomic E-state index is -0.240. The Balaban J connectivity index is 2.69. The van der Waals surface area contributed by atoms with Crippen LogP contribution < -0.4 is 0 Å². The van der Waals surface area contributed by atoms with Gasteiger partial charge in [0.15, 0.2) is 0 Å². The molecule has 1 radical (unpaired) electrons. The Kier molecular flexibility index (Phi) is 4.95. The largest absolute Gasteiger partial charge is 0.462 e. The Morgan fingerprint density at radius 2 is 2.20 bits per heavy atom. The van der Waals surface area contributed by atoms with E-state index in [-0.39, 0.29) is 5.97 Å². The quantitative estimate of drug-likeness (QED) is 0.542. The predicted octanol–water partition coefficient (Wildman–Crippen LogP) is 2.51. The molecule has 1 aromatic rings. The van der Waals surface area contributed by atoms with Crippen molar-refractivity contribution in [2.75, 3.05) is 6.61 Å². The Bertz CT molecular complexity index is 323. The van der Waals surface area contributed by atoms with Gasteiger partial charge in [0.05, 0.1) is 12.2 Å². The van der Waals surface area contributed by atoms with Crippen molar-refractivity contribution in [1.29, 1.82) is 0 Å². The molecule has 0 unspecified atom stereocenters. The molecule has 1 rings (SSSR count). The molecular weight excluding hydrogens is 187 g/mol. The lowest BCUT2D eigenvalue weighted by atomic mass is 9.69. The van der Waals surface area contributed by atoms with Gasteiger partial charge >= 0.3 is 5.97 Å². The molecule has 0 saturated heterocycles. The molecular formula is C12H16BO2. The summed E-state index contributed by atoms with van der Waals surface area (Å²) in [4.78, 5) is 11.4. The monoisotopic (exact) mass is 203 g/mol. The average Bonchev–Trinajstić information content (AvgIpc) is 2.27. The van der Waals surface area contributed by atoms with Crippen LogP contribution in [0.4, 0.5) is 0 Å². The molecule has 0 aromatic heterocycles. The van der Waals surface area contributed by atoms with Crippen LogP contribution in [0, 0.1) is 0 Å². The molecule has 0 spiro atoms. The van der Waals surface area contributed by atoms with Gasteiger partial charge in [0.25, 0.3) is 0 Å². The summed E-state index contributed by atoms with van der Waals surface area (Å²) in [6.07, 6.45) is 1.95. The highest BCUT2D eigenvalue weighted by Gasteiger charge is 2.06. The number of benzene rings is 1. The number of hydrogen-bond acceptors (Lipinski definition) is 2. The second-order valence-corrected chi connectivity index (χ2v) is 3.32. The van der Waals surface area contributed by atoms with E-state index in [0.29, 0.717) is 12.2 Å². The number of ether oxygens (including phenoxy) is 1. The standard InChI is InChI=1S/C12H16BO2/c1-3-13-9-10-6-5-7-11(8-10)12(14)15-4-2/h5-8H,3-4,9H2,1-2H3. The number of hydrogen-bond donors (Lipinski definition) is 0. The fourth-order valence-electron chi connectivity index (χ4n) is 1.35.